The molecule has 4 rings (SSSR count). The number of rotatable bonds is 8. The molecule has 0 spiro atoms. The topological polar surface area (TPSA) is 99.8 Å². The van der Waals surface area contributed by atoms with Crippen molar-refractivity contribution in [3.8, 4) is 11.4 Å². The Kier molecular flexibility index (Phi) is 7.26. The average molecular weight is 524 g/mol. The summed E-state index contributed by atoms with van der Waals surface area (Å²) in [6, 6.07) is 12.4. The zero-order valence-corrected chi connectivity index (χ0v) is 19.6. The molecule has 1 N–H and O–H groups in total. The minimum absolute atomic E-state index is 0.0227. The van der Waals surface area contributed by atoms with Crippen LogP contribution in [-0.2, 0) is 17.5 Å². The van der Waals surface area contributed by atoms with Gasteiger partial charge in [0.15, 0.2) is 0 Å². The van der Waals surface area contributed by atoms with Crippen LogP contribution in [-0.4, -0.2) is 48.8 Å². The van der Waals surface area contributed by atoms with Crippen LogP contribution in [0, 0.1) is 0 Å². The molecule has 1 amide bonds. The van der Waals surface area contributed by atoms with E-state index in [2.05, 4.69) is 25.9 Å². The Morgan fingerprint density at radius 2 is 1.94 bits per heavy atom. The van der Waals surface area contributed by atoms with Gasteiger partial charge in [-0.15, -0.1) is 5.10 Å². The van der Waals surface area contributed by atoms with Crippen molar-refractivity contribution in [2.24, 2.45) is 0 Å². The number of hydrogen-bond acceptors (Lipinski definition) is 7. The number of carbonyl (C=O) groups is 1. The molecule has 35 heavy (non-hydrogen) atoms. The van der Waals surface area contributed by atoms with Gasteiger partial charge >= 0.3 is 6.18 Å². The van der Waals surface area contributed by atoms with Gasteiger partial charge in [-0.2, -0.15) is 23.0 Å². The Morgan fingerprint density at radius 3 is 2.66 bits per heavy atom. The summed E-state index contributed by atoms with van der Waals surface area (Å²) in [7, 11) is 1.58. The van der Waals surface area contributed by atoms with Crippen LogP contribution >= 0.6 is 23.4 Å². The summed E-state index contributed by atoms with van der Waals surface area (Å²) in [5.41, 5.74) is -0.461. The van der Waals surface area contributed by atoms with Crippen LogP contribution in [0.15, 0.2) is 59.9 Å². The number of hydrogen-bond donors (Lipinski definition) is 1. The maximum absolute atomic E-state index is 13.5. The second-order valence-corrected chi connectivity index (χ2v) is 8.42. The van der Waals surface area contributed by atoms with Crippen LogP contribution in [0.4, 0.5) is 19.0 Å². The summed E-state index contributed by atoms with van der Waals surface area (Å²) in [5, 5.41) is 17.6. The molecule has 0 radical (unpaired) electrons. The number of alkyl halides is 3. The number of para-hydroxylation sites is 1. The normalized spacial score (nSPS) is 11.5. The highest BCUT2D eigenvalue weighted by atomic mass is 35.5. The number of nitrogens with zero attached hydrogens (tertiary/aromatic N) is 6. The number of halogens is 4. The van der Waals surface area contributed by atoms with Crippen LogP contribution in [0.2, 0.25) is 5.02 Å². The minimum atomic E-state index is -4.67. The first-order valence-electron chi connectivity index (χ1n) is 9.98. The molecular weight excluding hydrogens is 507 g/mol. The van der Waals surface area contributed by atoms with Gasteiger partial charge in [0.25, 0.3) is 0 Å². The number of nitrogens with one attached hydrogen (secondary N) is 1. The fourth-order valence-electron chi connectivity index (χ4n) is 3.15. The quantitative estimate of drug-likeness (QED) is 0.343. The lowest BCUT2D eigenvalue weighted by Gasteiger charge is -2.14. The first-order valence-corrected chi connectivity index (χ1v) is 11.3. The largest absolute Gasteiger partial charge is 0.497 e. The van der Waals surface area contributed by atoms with E-state index >= 15 is 0 Å². The molecule has 0 aliphatic rings. The highest BCUT2D eigenvalue weighted by Crippen LogP contribution is 2.38. The lowest BCUT2D eigenvalue weighted by atomic mass is 10.1. The molecular formula is C21H17ClF3N7O2S. The monoisotopic (exact) mass is 523 g/mol. The first-order chi connectivity index (χ1) is 16.8. The molecule has 0 fully saturated rings. The lowest BCUT2D eigenvalue weighted by Crippen LogP contribution is -2.18. The molecule has 0 aliphatic heterocycles. The fourth-order valence-corrected chi connectivity index (χ4v) is 4.08. The third kappa shape index (κ3) is 5.74. The number of thioether (sulfide) groups is 1. The van der Waals surface area contributed by atoms with Gasteiger partial charge in [-0.1, -0.05) is 41.6 Å². The molecule has 0 atom stereocenters. The SMILES string of the molecule is COc1ccc(Cn2nccc2NC(=O)CSc2nnnn2-c2c(Cl)cccc2C(F)(F)F)cc1. The second kappa shape index (κ2) is 10.4. The van der Waals surface area contributed by atoms with Gasteiger partial charge < -0.3 is 10.1 Å². The molecule has 14 heteroatoms. The third-order valence-corrected chi connectivity index (χ3v) is 5.98. The molecule has 0 aliphatic carbocycles. The molecule has 4 aromatic rings. The van der Waals surface area contributed by atoms with Gasteiger partial charge in [-0.25, -0.2) is 4.68 Å². The van der Waals surface area contributed by atoms with E-state index in [1.54, 1.807) is 24.1 Å². The van der Waals surface area contributed by atoms with Crippen LogP contribution in [0.3, 0.4) is 0 Å². The van der Waals surface area contributed by atoms with E-state index < -0.39 is 23.3 Å². The van der Waals surface area contributed by atoms with Gasteiger partial charge in [0.1, 0.15) is 17.3 Å². The maximum Gasteiger partial charge on any atom is 0.418 e. The number of methoxy groups -OCH3 is 1. The van der Waals surface area contributed by atoms with Crippen molar-refractivity contribution in [3.63, 3.8) is 0 Å². The maximum atomic E-state index is 13.5. The van der Waals surface area contributed by atoms with Crippen molar-refractivity contribution in [3.05, 3.63) is 70.9 Å². The van der Waals surface area contributed by atoms with E-state index in [9.17, 15) is 18.0 Å². The Bertz CT molecular complexity index is 1330. The van der Waals surface area contributed by atoms with E-state index in [-0.39, 0.29) is 15.9 Å². The first kappa shape index (κ1) is 24.5. The van der Waals surface area contributed by atoms with E-state index in [1.807, 2.05) is 24.3 Å². The van der Waals surface area contributed by atoms with Crippen LogP contribution in [0.5, 0.6) is 5.75 Å². The van der Waals surface area contributed by atoms with E-state index in [1.165, 1.54) is 12.1 Å². The van der Waals surface area contributed by atoms with Gasteiger partial charge in [-0.05, 0) is 40.3 Å². The Labute approximate surface area is 206 Å². The number of ether oxygens (including phenoxy) is 1. The van der Waals surface area contributed by atoms with E-state index in [0.29, 0.717) is 12.4 Å². The zero-order valence-electron chi connectivity index (χ0n) is 18.0. The van der Waals surface area contributed by atoms with Crippen molar-refractivity contribution in [2.75, 3.05) is 18.2 Å². The number of amides is 1. The standard InChI is InChI=1S/C21H17ClF3N7O2S/c1-34-14-7-5-13(6-8-14)11-31-17(9-10-26-31)27-18(33)12-35-20-28-29-30-32(20)19-15(21(23,24)25)3-2-4-16(19)22/h2-10H,11-12H2,1H3,(H,27,33). The fraction of sp³-hybridized carbons (Fsp3) is 0.190. The van der Waals surface area contributed by atoms with Gasteiger partial charge in [-0.3, -0.25) is 4.79 Å². The summed E-state index contributed by atoms with van der Waals surface area (Å²) < 4.78 is 48.1. The van der Waals surface area contributed by atoms with Crippen LogP contribution in [0.25, 0.3) is 5.69 Å². The number of tetrazole rings is 1. The highest BCUT2D eigenvalue weighted by molar-refractivity contribution is 7.99. The molecule has 2 aromatic carbocycles. The van der Waals surface area contributed by atoms with Gasteiger partial charge in [0, 0.05) is 6.07 Å². The summed E-state index contributed by atoms with van der Waals surface area (Å²) in [5.74, 6) is 0.592. The summed E-state index contributed by atoms with van der Waals surface area (Å²) in [6.45, 7) is 0.407. The molecule has 9 nitrogen and oxygen atoms in total. The summed E-state index contributed by atoms with van der Waals surface area (Å²) >= 11 is 6.90. The summed E-state index contributed by atoms with van der Waals surface area (Å²) in [4.78, 5) is 12.6. The van der Waals surface area contributed by atoms with Crippen molar-refractivity contribution in [1.29, 1.82) is 0 Å². The molecule has 2 aromatic heterocycles. The Balaban J connectivity index is 1.44. The molecule has 2 heterocycles. The average Bonchev–Trinajstić information content (AvgIpc) is 3.47. The lowest BCUT2D eigenvalue weighted by molar-refractivity contribution is -0.137. The molecule has 0 unspecified atom stereocenters. The van der Waals surface area contributed by atoms with Crippen LogP contribution in [0.1, 0.15) is 11.1 Å². The number of carbonyl (C=O) groups excluding carboxylic acids is 1. The molecule has 0 saturated heterocycles. The van der Waals surface area contributed by atoms with Crippen molar-refractivity contribution < 1.29 is 22.7 Å². The van der Waals surface area contributed by atoms with E-state index in [0.717, 1.165) is 33.8 Å². The second-order valence-electron chi connectivity index (χ2n) is 7.07. The molecule has 0 saturated carbocycles. The Morgan fingerprint density at radius 1 is 1.17 bits per heavy atom. The predicted molar refractivity (Wildman–Crippen MR) is 123 cm³/mol. The molecule has 182 valence electrons. The number of aromatic nitrogens is 6. The van der Waals surface area contributed by atoms with Crippen molar-refractivity contribution in [2.45, 2.75) is 17.9 Å². The van der Waals surface area contributed by atoms with E-state index in [4.69, 9.17) is 16.3 Å². The summed E-state index contributed by atoms with van der Waals surface area (Å²) in [6.07, 6.45) is -3.13. The number of benzene rings is 2. The molecule has 0 bridgehead atoms. The minimum Gasteiger partial charge on any atom is -0.497 e. The zero-order chi connectivity index (χ0) is 25.0. The van der Waals surface area contributed by atoms with Gasteiger partial charge in [0.2, 0.25) is 11.1 Å². The van der Waals surface area contributed by atoms with Crippen molar-refractivity contribution in [1.82, 2.24) is 30.0 Å². The predicted octanol–water partition coefficient (Wildman–Crippen LogP) is 4.32. The number of anilines is 1. The highest BCUT2D eigenvalue weighted by Gasteiger charge is 2.36. The van der Waals surface area contributed by atoms with Crippen LogP contribution < -0.4 is 10.1 Å². The van der Waals surface area contributed by atoms with Gasteiger partial charge in [0.05, 0.1) is 36.2 Å². The third-order valence-electron chi connectivity index (χ3n) is 4.75. The van der Waals surface area contributed by atoms with Crippen molar-refractivity contribution >= 4 is 35.1 Å². The smallest absolute Gasteiger partial charge is 0.418 e. The Hall–Kier alpha value is -3.58.